The summed E-state index contributed by atoms with van der Waals surface area (Å²) in [6.07, 6.45) is 3.32. The van der Waals surface area contributed by atoms with Gasteiger partial charge in [0.25, 0.3) is 0 Å². The van der Waals surface area contributed by atoms with Crippen molar-refractivity contribution >= 4 is 29.1 Å². The fourth-order valence-electron chi connectivity index (χ4n) is 2.61. The minimum absolute atomic E-state index is 0.135. The van der Waals surface area contributed by atoms with Gasteiger partial charge in [-0.15, -0.1) is 0 Å². The second-order valence-corrected chi connectivity index (χ2v) is 6.56. The summed E-state index contributed by atoms with van der Waals surface area (Å²) in [5.41, 5.74) is 1.12. The molecule has 0 bridgehead atoms. The van der Waals surface area contributed by atoms with E-state index >= 15 is 0 Å². The number of carbonyl (C=O) groups is 1. The van der Waals surface area contributed by atoms with Crippen LogP contribution >= 0.6 is 23.2 Å². The van der Waals surface area contributed by atoms with E-state index in [0.29, 0.717) is 22.4 Å². The quantitative estimate of drug-likeness (QED) is 0.869. The van der Waals surface area contributed by atoms with Crippen LogP contribution in [0.2, 0.25) is 10.0 Å². The summed E-state index contributed by atoms with van der Waals surface area (Å²) in [6, 6.07) is 5.89. The standard InChI is InChI=1S/C16H22Cl2N2O/c1-11-7-8-19-10-15(11)20-16(21)4-2-3-12-5-6-13(17)14(18)9-12/h5-6,9,11,15,19H,2-4,7-8,10H2,1H3,(H,20,21). The zero-order valence-electron chi connectivity index (χ0n) is 12.3. The predicted molar refractivity (Wildman–Crippen MR) is 88.0 cm³/mol. The van der Waals surface area contributed by atoms with Gasteiger partial charge in [0.15, 0.2) is 0 Å². The van der Waals surface area contributed by atoms with Crippen LogP contribution in [0.4, 0.5) is 0 Å². The fourth-order valence-corrected chi connectivity index (χ4v) is 2.93. The molecule has 5 heteroatoms. The maximum Gasteiger partial charge on any atom is 0.220 e. The van der Waals surface area contributed by atoms with E-state index in [1.807, 2.05) is 12.1 Å². The molecule has 1 heterocycles. The molecule has 2 unspecified atom stereocenters. The average molecular weight is 329 g/mol. The van der Waals surface area contributed by atoms with Crippen molar-refractivity contribution in [1.29, 1.82) is 0 Å². The van der Waals surface area contributed by atoms with E-state index in [-0.39, 0.29) is 11.9 Å². The summed E-state index contributed by atoms with van der Waals surface area (Å²) in [7, 11) is 0. The molecule has 21 heavy (non-hydrogen) atoms. The van der Waals surface area contributed by atoms with Gasteiger partial charge in [-0.2, -0.15) is 0 Å². The summed E-state index contributed by atoms with van der Waals surface area (Å²) >= 11 is 11.9. The van der Waals surface area contributed by atoms with Gasteiger partial charge in [-0.1, -0.05) is 36.2 Å². The number of amides is 1. The van der Waals surface area contributed by atoms with Crippen LogP contribution in [0, 0.1) is 5.92 Å². The van der Waals surface area contributed by atoms with Crippen LogP contribution in [-0.4, -0.2) is 25.0 Å². The van der Waals surface area contributed by atoms with Crippen molar-refractivity contribution in [1.82, 2.24) is 10.6 Å². The Morgan fingerprint density at radius 3 is 2.90 bits per heavy atom. The monoisotopic (exact) mass is 328 g/mol. The molecule has 0 saturated carbocycles. The van der Waals surface area contributed by atoms with Gasteiger partial charge in [0, 0.05) is 19.0 Å². The van der Waals surface area contributed by atoms with Gasteiger partial charge in [-0.25, -0.2) is 0 Å². The van der Waals surface area contributed by atoms with Crippen molar-refractivity contribution < 1.29 is 4.79 Å². The summed E-state index contributed by atoms with van der Waals surface area (Å²) in [6.45, 7) is 4.12. The van der Waals surface area contributed by atoms with Crippen molar-refractivity contribution in [3.05, 3.63) is 33.8 Å². The lowest BCUT2D eigenvalue weighted by molar-refractivity contribution is -0.122. The van der Waals surface area contributed by atoms with Crippen LogP contribution in [0.5, 0.6) is 0 Å². The molecule has 1 aliphatic heterocycles. The summed E-state index contributed by atoms with van der Waals surface area (Å²) in [5.74, 6) is 0.681. The highest BCUT2D eigenvalue weighted by Crippen LogP contribution is 2.23. The van der Waals surface area contributed by atoms with Crippen LogP contribution < -0.4 is 10.6 Å². The molecule has 0 aliphatic carbocycles. The van der Waals surface area contributed by atoms with Gasteiger partial charge < -0.3 is 10.6 Å². The van der Waals surface area contributed by atoms with Crippen molar-refractivity contribution in [3.8, 4) is 0 Å². The van der Waals surface area contributed by atoms with Crippen LogP contribution in [0.15, 0.2) is 18.2 Å². The third-order valence-electron chi connectivity index (χ3n) is 4.03. The van der Waals surface area contributed by atoms with Gasteiger partial charge in [-0.05, 0) is 49.4 Å². The van der Waals surface area contributed by atoms with E-state index in [2.05, 4.69) is 17.6 Å². The largest absolute Gasteiger partial charge is 0.352 e. The highest BCUT2D eigenvalue weighted by Gasteiger charge is 2.22. The Bertz CT molecular complexity index is 493. The molecule has 1 saturated heterocycles. The Balaban J connectivity index is 1.72. The molecule has 2 N–H and O–H groups in total. The topological polar surface area (TPSA) is 41.1 Å². The molecule has 0 spiro atoms. The van der Waals surface area contributed by atoms with Gasteiger partial charge in [-0.3, -0.25) is 4.79 Å². The van der Waals surface area contributed by atoms with Gasteiger partial charge in [0.1, 0.15) is 0 Å². The molecule has 1 aliphatic rings. The fraction of sp³-hybridized carbons (Fsp3) is 0.562. The summed E-state index contributed by atoms with van der Waals surface area (Å²) in [4.78, 5) is 12.0. The van der Waals surface area contributed by atoms with Crippen molar-refractivity contribution in [3.63, 3.8) is 0 Å². The third-order valence-corrected chi connectivity index (χ3v) is 4.77. The first kappa shape index (κ1) is 16.6. The normalized spacial score (nSPS) is 22.0. The molecule has 1 aromatic carbocycles. The van der Waals surface area contributed by atoms with E-state index in [1.165, 1.54) is 0 Å². The smallest absolute Gasteiger partial charge is 0.220 e. The van der Waals surface area contributed by atoms with Crippen LogP contribution in [-0.2, 0) is 11.2 Å². The van der Waals surface area contributed by atoms with Crippen LogP contribution in [0.25, 0.3) is 0 Å². The second-order valence-electron chi connectivity index (χ2n) is 5.75. The molecule has 3 nitrogen and oxygen atoms in total. The first-order valence-corrected chi connectivity index (χ1v) is 8.26. The molecule has 0 aromatic heterocycles. The molecule has 0 radical (unpaired) electrons. The van der Waals surface area contributed by atoms with Gasteiger partial charge in [0.2, 0.25) is 5.91 Å². The summed E-state index contributed by atoms with van der Waals surface area (Å²) in [5, 5.41) is 7.59. The molecule has 116 valence electrons. The zero-order valence-corrected chi connectivity index (χ0v) is 13.8. The molecular formula is C16H22Cl2N2O. The molecule has 1 aromatic rings. The minimum Gasteiger partial charge on any atom is -0.352 e. The van der Waals surface area contributed by atoms with Crippen molar-refractivity contribution in [2.24, 2.45) is 5.92 Å². The maximum atomic E-state index is 12.0. The number of carbonyl (C=O) groups excluding carboxylic acids is 1. The lowest BCUT2D eigenvalue weighted by atomic mass is 9.94. The highest BCUT2D eigenvalue weighted by atomic mass is 35.5. The second kappa shape index (κ2) is 8.02. The number of hydrogen-bond donors (Lipinski definition) is 2. The van der Waals surface area contributed by atoms with E-state index in [9.17, 15) is 4.79 Å². The summed E-state index contributed by atoms with van der Waals surface area (Å²) < 4.78 is 0. The lowest BCUT2D eigenvalue weighted by Crippen LogP contribution is -2.50. The van der Waals surface area contributed by atoms with Crippen molar-refractivity contribution in [2.75, 3.05) is 13.1 Å². The number of piperidine rings is 1. The van der Waals surface area contributed by atoms with Crippen LogP contribution in [0.3, 0.4) is 0 Å². The number of aryl methyl sites for hydroxylation is 1. The Morgan fingerprint density at radius 1 is 1.38 bits per heavy atom. The number of benzene rings is 1. The zero-order chi connectivity index (χ0) is 15.2. The Labute approximate surface area is 136 Å². The molecule has 1 fully saturated rings. The van der Waals surface area contributed by atoms with E-state index in [4.69, 9.17) is 23.2 Å². The van der Waals surface area contributed by atoms with Crippen LogP contribution in [0.1, 0.15) is 31.7 Å². The maximum absolute atomic E-state index is 12.0. The lowest BCUT2D eigenvalue weighted by Gasteiger charge is -2.30. The van der Waals surface area contributed by atoms with E-state index < -0.39 is 0 Å². The molecule has 2 rings (SSSR count). The predicted octanol–water partition coefficient (Wildman–Crippen LogP) is 3.43. The first-order valence-electron chi connectivity index (χ1n) is 7.50. The Kier molecular flexibility index (Phi) is 6.34. The minimum atomic E-state index is 0.135. The Hall–Kier alpha value is -0.770. The van der Waals surface area contributed by atoms with Gasteiger partial charge >= 0.3 is 0 Å². The SMILES string of the molecule is CC1CCNCC1NC(=O)CCCc1ccc(Cl)c(Cl)c1. The van der Waals surface area contributed by atoms with Crippen molar-refractivity contribution in [2.45, 2.75) is 38.6 Å². The Morgan fingerprint density at radius 2 is 2.19 bits per heavy atom. The molecule has 2 atom stereocenters. The number of halogens is 2. The van der Waals surface area contributed by atoms with E-state index in [1.54, 1.807) is 6.07 Å². The number of rotatable bonds is 5. The molecule has 1 amide bonds. The van der Waals surface area contributed by atoms with E-state index in [0.717, 1.165) is 37.9 Å². The third kappa shape index (κ3) is 5.17. The average Bonchev–Trinajstić information content (AvgIpc) is 2.45. The first-order chi connectivity index (χ1) is 10.1. The van der Waals surface area contributed by atoms with Gasteiger partial charge in [0.05, 0.1) is 10.0 Å². The number of nitrogens with one attached hydrogen (secondary N) is 2. The highest BCUT2D eigenvalue weighted by molar-refractivity contribution is 6.42. The number of hydrogen-bond acceptors (Lipinski definition) is 2. The molecular weight excluding hydrogens is 307 g/mol.